The zero-order valence-corrected chi connectivity index (χ0v) is 15.9. The van der Waals surface area contributed by atoms with E-state index in [0.29, 0.717) is 0 Å². The lowest BCUT2D eigenvalue weighted by Gasteiger charge is -2.08. The Morgan fingerprint density at radius 3 is 2.65 bits per heavy atom. The minimum Gasteiger partial charge on any atom is -0.461 e. The minimum absolute atomic E-state index is 0.856. The van der Waals surface area contributed by atoms with Gasteiger partial charge in [0.2, 0.25) is 0 Å². The van der Waals surface area contributed by atoms with Crippen LogP contribution in [0.2, 0.25) is 0 Å². The predicted molar refractivity (Wildman–Crippen MR) is 115 cm³/mol. The molecule has 0 saturated heterocycles. The van der Waals surface area contributed by atoms with Crippen LogP contribution in [0.4, 0.5) is 5.69 Å². The van der Waals surface area contributed by atoms with E-state index in [9.17, 15) is 0 Å². The summed E-state index contributed by atoms with van der Waals surface area (Å²) < 4.78 is 5.92. The monoisotopic (exact) mass is 347 g/mol. The number of hydrogen-bond donors (Lipinski definition) is 1. The topological polar surface area (TPSA) is 25.2 Å². The van der Waals surface area contributed by atoms with Crippen molar-refractivity contribution < 1.29 is 4.42 Å². The van der Waals surface area contributed by atoms with Crippen LogP contribution in [0.15, 0.2) is 84.0 Å². The molecular formula is C24H29NO. The predicted octanol–water partition coefficient (Wildman–Crippen LogP) is 7.25. The van der Waals surface area contributed by atoms with Crippen LogP contribution in [0.3, 0.4) is 0 Å². The summed E-state index contributed by atoms with van der Waals surface area (Å²) in [6, 6.07) is 6.11. The van der Waals surface area contributed by atoms with E-state index in [1.807, 2.05) is 37.3 Å². The normalized spacial score (nSPS) is 11.9. The highest BCUT2D eigenvalue weighted by Gasteiger charge is 2.13. The van der Waals surface area contributed by atoms with Crippen LogP contribution >= 0.6 is 0 Å². The van der Waals surface area contributed by atoms with Gasteiger partial charge in [-0.2, -0.15) is 0 Å². The Morgan fingerprint density at radius 2 is 1.92 bits per heavy atom. The highest BCUT2D eigenvalue weighted by atomic mass is 16.3. The third-order valence-corrected chi connectivity index (χ3v) is 4.13. The number of hydrogen-bond acceptors (Lipinski definition) is 2. The van der Waals surface area contributed by atoms with Gasteiger partial charge >= 0.3 is 0 Å². The van der Waals surface area contributed by atoms with Crippen molar-refractivity contribution in [1.29, 1.82) is 0 Å². The Bertz CT molecular complexity index is 833. The Morgan fingerprint density at radius 1 is 1.15 bits per heavy atom. The number of unbranched alkanes of at least 4 members (excludes halogenated alkanes) is 1. The van der Waals surface area contributed by atoms with Crippen LogP contribution in [0.5, 0.6) is 0 Å². The smallest absolute Gasteiger partial charge is 0.136 e. The summed E-state index contributed by atoms with van der Waals surface area (Å²) in [6.07, 6.45) is 18.2. The first-order valence-electron chi connectivity index (χ1n) is 9.25. The van der Waals surface area contributed by atoms with Crippen LogP contribution in [0, 0.1) is 6.92 Å². The molecule has 0 bridgehead atoms. The Kier molecular flexibility index (Phi) is 7.75. The van der Waals surface area contributed by atoms with Gasteiger partial charge in [-0.05, 0) is 44.4 Å². The van der Waals surface area contributed by atoms with Crippen LogP contribution in [0.25, 0.3) is 11.0 Å². The number of furan rings is 1. The second-order valence-electron chi connectivity index (χ2n) is 6.24. The summed E-state index contributed by atoms with van der Waals surface area (Å²) in [7, 11) is 0. The van der Waals surface area contributed by atoms with Gasteiger partial charge in [0.05, 0.1) is 0 Å². The van der Waals surface area contributed by atoms with E-state index in [4.69, 9.17) is 4.42 Å². The Balaban J connectivity index is 2.02. The molecule has 0 atom stereocenters. The first-order valence-corrected chi connectivity index (χ1v) is 9.25. The van der Waals surface area contributed by atoms with Gasteiger partial charge < -0.3 is 9.73 Å². The fourth-order valence-electron chi connectivity index (χ4n) is 2.93. The molecule has 1 aromatic carbocycles. The maximum Gasteiger partial charge on any atom is 0.136 e. The summed E-state index contributed by atoms with van der Waals surface area (Å²) in [4.78, 5) is 0. The quantitative estimate of drug-likeness (QED) is 0.361. The molecule has 1 aromatic heterocycles. The highest BCUT2D eigenvalue weighted by molar-refractivity contribution is 5.95. The molecule has 0 aliphatic heterocycles. The van der Waals surface area contributed by atoms with E-state index in [0.717, 1.165) is 48.4 Å². The number of benzene rings is 1. The van der Waals surface area contributed by atoms with Gasteiger partial charge in [-0.25, -0.2) is 0 Å². The second-order valence-corrected chi connectivity index (χ2v) is 6.24. The van der Waals surface area contributed by atoms with Crippen molar-refractivity contribution in [2.75, 3.05) is 5.32 Å². The molecule has 0 saturated carbocycles. The number of allylic oxidation sites excluding steroid dienone is 7. The van der Waals surface area contributed by atoms with Gasteiger partial charge in [-0.1, -0.05) is 69.0 Å². The van der Waals surface area contributed by atoms with Gasteiger partial charge in [0.15, 0.2) is 0 Å². The lowest BCUT2D eigenvalue weighted by molar-refractivity contribution is 0.571. The molecule has 0 aliphatic rings. The van der Waals surface area contributed by atoms with Crippen molar-refractivity contribution in [3.8, 4) is 0 Å². The van der Waals surface area contributed by atoms with Crippen molar-refractivity contribution in [2.45, 2.75) is 39.5 Å². The van der Waals surface area contributed by atoms with Crippen LogP contribution in [-0.4, -0.2) is 0 Å². The molecule has 2 nitrogen and oxygen atoms in total. The van der Waals surface area contributed by atoms with Crippen molar-refractivity contribution in [1.82, 2.24) is 0 Å². The number of nitrogens with one attached hydrogen (secondary N) is 1. The van der Waals surface area contributed by atoms with Gasteiger partial charge in [0.25, 0.3) is 0 Å². The number of fused-ring (bicyclic) bond motifs is 1. The molecule has 0 fully saturated rings. The SMILES string of the molecule is C=C/C=C\CC/C=C\C=C/C(=C)Nc1cccc2oc(C)c(CCC)c12. The first kappa shape index (κ1) is 19.6. The second kappa shape index (κ2) is 10.3. The number of anilines is 1. The van der Waals surface area contributed by atoms with E-state index in [2.05, 4.69) is 49.7 Å². The summed E-state index contributed by atoms with van der Waals surface area (Å²) in [5, 5.41) is 4.59. The maximum absolute atomic E-state index is 5.92. The highest BCUT2D eigenvalue weighted by Crippen LogP contribution is 2.33. The van der Waals surface area contributed by atoms with Crippen molar-refractivity contribution in [3.05, 3.63) is 90.9 Å². The van der Waals surface area contributed by atoms with Crippen molar-refractivity contribution in [2.24, 2.45) is 0 Å². The van der Waals surface area contributed by atoms with Gasteiger partial charge in [-0.15, -0.1) is 0 Å². The van der Waals surface area contributed by atoms with Crippen LogP contribution in [0.1, 0.15) is 37.5 Å². The van der Waals surface area contributed by atoms with Gasteiger partial charge in [0.1, 0.15) is 11.3 Å². The molecule has 0 radical (unpaired) electrons. The zero-order valence-electron chi connectivity index (χ0n) is 15.9. The molecule has 1 heterocycles. The molecule has 136 valence electrons. The largest absolute Gasteiger partial charge is 0.461 e. The maximum atomic E-state index is 5.92. The standard InChI is InChI=1S/C24H29NO/c1-5-7-8-9-10-11-12-13-16-19(3)25-22-17-14-18-23-24(22)21(15-6-2)20(4)26-23/h5,7-8,11-14,16-18,25H,1,3,6,9-10,15H2,2,4H3/b8-7-,12-11-,16-13-. The zero-order chi connectivity index (χ0) is 18.8. The third kappa shape index (κ3) is 5.38. The molecule has 2 rings (SSSR count). The van der Waals surface area contributed by atoms with E-state index >= 15 is 0 Å². The molecule has 0 amide bonds. The Labute approximate surface area is 157 Å². The van der Waals surface area contributed by atoms with Crippen molar-refractivity contribution in [3.63, 3.8) is 0 Å². The van der Waals surface area contributed by atoms with E-state index in [1.165, 1.54) is 10.9 Å². The summed E-state index contributed by atoms with van der Waals surface area (Å²) in [5.74, 6) is 1.01. The molecule has 1 N–H and O–H groups in total. The van der Waals surface area contributed by atoms with Crippen LogP contribution in [-0.2, 0) is 6.42 Å². The molecule has 26 heavy (non-hydrogen) atoms. The fourth-order valence-corrected chi connectivity index (χ4v) is 2.93. The third-order valence-electron chi connectivity index (χ3n) is 4.13. The molecule has 0 aliphatic carbocycles. The van der Waals surface area contributed by atoms with E-state index < -0.39 is 0 Å². The van der Waals surface area contributed by atoms with E-state index in [-0.39, 0.29) is 0 Å². The van der Waals surface area contributed by atoms with Crippen molar-refractivity contribution >= 4 is 16.7 Å². The molecular weight excluding hydrogens is 318 g/mol. The van der Waals surface area contributed by atoms with Gasteiger partial charge in [0, 0.05) is 22.3 Å². The first-order chi connectivity index (χ1) is 12.7. The lowest BCUT2D eigenvalue weighted by atomic mass is 10.0. The molecule has 2 heteroatoms. The summed E-state index contributed by atoms with van der Waals surface area (Å²) in [6.45, 7) is 12.0. The lowest BCUT2D eigenvalue weighted by Crippen LogP contribution is -1.96. The number of aryl methyl sites for hydroxylation is 2. The number of rotatable bonds is 10. The molecule has 0 unspecified atom stereocenters. The van der Waals surface area contributed by atoms with E-state index in [1.54, 1.807) is 6.08 Å². The molecule has 0 spiro atoms. The minimum atomic E-state index is 0.856. The summed E-state index contributed by atoms with van der Waals surface area (Å²) in [5.41, 5.74) is 4.13. The Hall–Kier alpha value is -2.74. The molecule has 2 aromatic rings. The summed E-state index contributed by atoms with van der Waals surface area (Å²) >= 11 is 0. The fraction of sp³-hybridized carbons (Fsp3) is 0.250. The van der Waals surface area contributed by atoms with Crippen LogP contribution < -0.4 is 5.32 Å². The van der Waals surface area contributed by atoms with Gasteiger partial charge in [-0.3, -0.25) is 0 Å². The average Bonchev–Trinajstić information content (AvgIpc) is 2.94. The average molecular weight is 348 g/mol.